The van der Waals surface area contributed by atoms with Gasteiger partial charge >= 0.3 is 5.97 Å². The first kappa shape index (κ1) is 53.1. The predicted molar refractivity (Wildman–Crippen MR) is 285 cm³/mol. The van der Waals surface area contributed by atoms with Crippen LogP contribution in [0.2, 0.25) is 0 Å². The second-order valence-electron chi connectivity index (χ2n) is 20.3. The standard InChI is InChI=1S/C56H58N16O7/c1-37-33-67(55-60-31-41(32-61-55)45-18-17-44-52(76)56(2,3)71(53(44)62-45)34-40-14-12-22-58-46(40)29-57)25-26-70(37)51(75)28-42-35-68(65-63-42)23-9-7-5-4-6-8-10-24-69-36-47(64-66-69)38-13-11-15-43(27-38)78-48-19-16-39(30-59-48)54(77)79-72-49(73)20-21-50(72)74/h11-19,22,27,30-32,35-37H,4-10,20-21,23-26,28,33-34H2,1-3H3/t37-/m1/s1. The van der Waals surface area contributed by atoms with Crippen LogP contribution >= 0.6 is 0 Å². The number of benzene rings is 1. The molecule has 9 heterocycles. The number of amides is 3. The number of unbranched alkanes of at least 4 members (excludes halogenated alkanes) is 6. The van der Waals surface area contributed by atoms with E-state index in [0.29, 0.717) is 88.2 Å². The number of hydrogen-bond acceptors (Lipinski definition) is 19. The molecule has 6 aromatic heterocycles. The van der Waals surface area contributed by atoms with Crippen molar-refractivity contribution in [1.29, 1.82) is 5.26 Å². The minimum atomic E-state index is -0.872. The smallest absolute Gasteiger partial charge is 0.365 e. The first-order chi connectivity index (χ1) is 38.3. The van der Waals surface area contributed by atoms with Gasteiger partial charge < -0.3 is 24.3 Å². The number of Topliss-reactive ketones (excluding diaryl/α,β-unsaturated/α-hetero) is 1. The zero-order chi connectivity index (χ0) is 55.0. The van der Waals surface area contributed by atoms with Gasteiger partial charge in [0.15, 0.2) is 5.78 Å². The Balaban J connectivity index is 0.605. The molecule has 3 amide bonds. The number of pyridine rings is 3. The van der Waals surface area contributed by atoms with Crippen LogP contribution in [0.15, 0.2) is 97.8 Å². The van der Waals surface area contributed by atoms with Gasteiger partial charge in [-0.25, -0.2) is 29.7 Å². The lowest BCUT2D eigenvalue weighted by atomic mass is 9.97. The number of imide groups is 1. The van der Waals surface area contributed by atoms with E-state index in [9.17, 15) is 29.2 Å². The van der Waals surface area contributed by atoms with Gasteiger partial charge in [-0.2, -0.15) is 5.26 Å². The Kier molecular flexibility index (Phi) is 15.8. The molecule has 3 aliphatic rings. The second-order valence-corrected chi connectivity index (χ2v) is 20.3. The van der Waals surface area contributed by atoms with Crippen LogP contribution in [0.1, 0.15) is 116 Å². The summed E-state index contributed by atoms with van der Waals surface area (Å²) in [5, 5.41) is 27.4. The molecule has 2 saturated heterocycles. The third-order valence-electron chi connectivity index (χ3n) is 14.3. The summed E-state index contributed by atoms with van der Waals surface area (Å²) in [5.41, 5.74) is 4.23. The third-order valence-corrected chi connectivity index (χ3v) is 14.3. The van der Waals surface area contributed by atoms with Gasteiger partial charge in [-0.05, 0) is 70.0 Å². The Hall–Kier alpha value is -9.33. The number of hydrogen-bond donors (Lipinski definition) is 0. The molecule has 10 rings (SSSR count). The molecule has 0 N–H and O–H groups in total. The van der Waals surface area contributed by atoms with Crippen LogP contribution in [0.4, 0.5) is 11.8 Å². The molecule has 3 aliphatic heterocycles. The molecule has 0 bridgehead atoms. The largest absolute Gasteiger partial charge is 0.439 e. The topological polar surface area (TPSA) is 266 Å². The number of carbonyl (C=O) groups excluding carboxylic acids is 5. The maximum Gasteiger partial charge on any atom is 0.365 e. The Labute approximate surface area is 455 Å². The van der Waals surface area contributed by atoms with Crippen molar-refractivity contribution in [2.75, 3.05) is 29.4 Å². The Morgan fingerprint density at radius 3 is 2.23 bits per heavy atom. The lowest BCUT2D eigenvalue weighted by Gasteiger charge is -2.39. The minimum absolute atomic E-state index is 0.00460. The number of carbonyl (C=O) groups is 5. The van der Waals surface area contributed by atoms with Crippen molar-refractivity contribution in [3.8, 4) is 40.2 Å². The van der Waals surface area contributed by atoms with Crippen LogP contribution in [0.25, 0.3) is 22.5 Å². The maximum absolute atomic E-state index is 13.5. The van der Waals surface area contributed by atoms with E-state index in [2.05, 4.69) is 41.6 Å². The number of aryl methyl sites for hydroxylation is 2. The molecule has 7 aromatic rings. The van der Waals surface area contributed by atoms with Crippen molar-refractivity contribution >= 4 is 41.2 Å². The molecule has 404 valence electrons. The van der Waals surface area contributed by atoms with Crippen LogP contribution in [-0.4, -0.2) is 126 Å². The van der Waals surface area contributed by atoms with Crippen molar-refractivity contribution in [3.05, 3.63) is 126 Å². The number of piperazine rings is 1. The fraction of sp³-hybridized carbons (Fsp3) is 0.375. The van der Waals surface area contributed by atoms with E-state index in [1.165, 1.54) is 18.3 Å². The third kappa shape index (κ3) is 12.1. The first-order valence-electron chi connectivity index (χ1n) is 26.5. The number of ether oxygens (including phenoxy) is 1. The zero-order valence-electron chi connectivity index (χ0n) is 44.1. The van der Waals surface area contributed by atoms with Gasteiger partial charge in [0.1, 0.15) is 29.0 Å². The van der Waals surface area contributed by atoms with Gasteiger partial charge in [0.2, 0.25) is 17.7 Å². The highest BCUT2D eigenvalue weighted by Crippen LogP contribution is 2.40. The normalized spacial score (nSPS) is 15.9. The number of anilines is 2. The highest BCUT2D eigenvalue weighted by Gasteiger charge is 2.45. The quantitative estimate of drug-likeness (QED) is 0.0531. The summed E-state index contributed by atoms with van der Waals surface area (Å²) in [6.45, 7) is 9.19. The number of nitrogens with zero attached hydrogens (tertiary/aromatic N) is 16. The van der Waals surface area contributed by atoms with Gasteiger partial charge in [-0.3, -0.25) is 28.5 Å². The summed E-state index contributed by atoms with van der Waals surface area (Å²) in [4.78, 5) is 96.5. The average Bonchev–Trinajstić information content (AvgIpc) is 4.44. The summed E-state index contributed by atoms with van der Waals surface area (Å²) in [6, 6.07) is 19.6. The van der Waals surface area contributed by atoms with Gasteiger partial charge in [-0.15, -0.1) is 15.3 Å². The first-order valence-corrected chi connectivity index (χ1v) is 26.5. The molecule has 23 nitrogen and oxygen atoms in total. The summed E-state index contributed by atoms with van der Waals surface area (Å²) in [7, 11) is 0. The fourth-order valence-corrected chi connectivity index (χ4v) is 9.90. The van der Waals surface area contributed by atoms with Crippen LogP contribution in [-0.2, 0) is 45.3 Å². The molecule has 23 heteroatoms. The number of fused-ring (bicyclic) bond motifs is 1. The molecule has 0 saturated carbocycles. The Morgan fingerprint density at radius 1 is 0.772 bits per heavy atom. The van der Waals surface area contributed by atoms with Crippen molar-refractivity contribution in [1.82, 2.24) is 64.9 Å². The second kappa shape index (κ2) is 23.5. The minimum Gasteiger partial charge on any atom is -0.439 e. The van der Waals surface area contributed by atoms with E-state index < -0.39 is 23.3 Å². The van der Waals surface area contributed by atoms with E-state index in [1.807, 2.05) is 82.7 Å². The maximum atomic E-state index is 13.5. The zero-order valence-corrected chi connectivity index (χ0v) is 44.1. The summed E-state index contributed by atoms with van der Waals surface area (Å²) >= 11 is 0. The van der Waals surface area contributed by atoms with Crippen LogP contribution in [0.5, 0.6) is 11.6 Å². The van der Waals surface area contributed by atoms with Crippen molar-refractivity contribution < 1.29 is 33.5 Å². The van der Waals surface area contributed by atoms with E-state index in [-0.39, 0.29) is 48.4 Å². The molecule has 0 spiro atoms. The Morgan fingerprint density at radius 2 is 1.51 bits per heavy atom. The lowest BCUT2D eigenvalue weighted by Crippen LogP contribution is -2.54. The fourth-order valence-electron chi connectivity index (χ4n) is 9.90. The van der Waals surface area contributed by atoms with E-state index in [0.717, 1.165) is 63.6 Å². The number of nitriles is 1. The summed E-state index contributed by atoms with van der Waals surface area (Å²) in [5.74, 6) is -0.177. The highest BCUT2D eigenvalue weighted by atomic mass is 16.7. The monoisotopic (exact) mass is 1070 g/mol. The van der Waals surface area contributed by atoms with Crippen LogP contribution in [0, 0.1) is 11.3 Å². The molecule has 1 atom stereocenters. The summed E-state index contributed by atoms with van der Waals surface area (Å²) in [6.07, 6.45) is 17.7. The average molecular weight is 1070 g/mol. The predicted octanol–water partition coefficient (Wildman–Crippen LogP) is 6.76. The molecular formula is C56H58N16O7. The van der Waals surface area contributed by atoms with Gasteiger partial charge in [0.05, 0.1) is 40.7 Å². The summed E-state index contributed by atoms with van der Waals surface area (Å²) < 4.78 is 9.58. The number of hydroxylamine groups is 2. The van der Waals surface area contributed by atoms with Gasteiger partial charge in [0, 0.05) is 112 Å². The Bertz CT molecular complexity index is 3410. The SMILES string of the molecule is C[C@@H]1CN(c2ncc(-c3ccc4c(n3)N(Cc3cccnc3C#N)C(C)(C)C4=O)cn2)CCN1C(=O)Cc1cn(CCCCCCCCCn2cc(-c3cccc(Oc4ccc(C(=O)ON5C(=O)CCC5=O)cn4)c3)nn2)nn1. The highest BCUT2D eigenvalue weighted by molar-refractivity contribution is 6.13. The van der Waals surface area contributed by atoms with Crippen molar-refractivity contribution in [2.24, 2.45) is 0 Å². The molecule has 2 fully saturated rings. The van der Waals surface area contributed by atoms with Gasteiger partial charge in [0.25, 0.3) is 11.8 Å². The van der Waals surface area contributed by atoms with Crippen molar-refractivity contribution in [3.63, 3.8) is 0 Å². The van der Waals surface area contributed by atoms with E-state index >= 15 is 0 Å². The molecule has 0 unspecified atom stereocenters. The lowest BCUT2D eigenvalue weighted by molar-refractivity contribution is -0.172. The van der Waals surface area contributed by atoms with E-state index in [1.54, 1.807) is 36.8 Å². The number of aromatic nitrogens is 11. The van der Waals surface area contributed by atoms with Crippen LogP contribution < -0.4 is 14.5 Å². The van der Waals surface area contributed by atoms with Gasteiger partial charge in [-0.1, -0.05) is 60.7 Å². The number of ketones is 1. The van der Waals surface area contributed by atoms with Crippen molar-refractivity contribution in [2.45, 2.75) is 116 Å². The molecular weight excluding hydrogens is 1010 g/mol. The van der Waals surface area contributed by atoms with E-state index in [4.69, 9.17) is 24.5 Å². The molecule has 79 heavy (non-hydrogen) atoms. The number of rotatable bonds is 21. The van der Waals surface area contributed by atoms with Crippen LogP contribution in [0.3, 0.4) is 0 Å². The molecule has 0 radical (unpaired) electrons. The molecule has 1 aromatic carbocycles. The molecule has 0 aliphatic carbocycles.